The van der Waals surface area contributed by atoms with Gasteiger partial charge in [-0.1, -0.05) is 43.6 Å². The number of para-hydroxylation sites is 1. The molecule has 0 heterocycles. The Labute approximate surface area is 153 Å². The van der Waals surface area contributed by atoms with E-state index in [0.29, 0.717) is 23.0 Å². The van der Waals surface area contributed by atoms with Gasteiger partial charge in [0.05, 0.1) is 15.6 Å². The molecule has 0 saturated heterocycles. The van der Waals surface area contributed by atoms with Crippen LogP contribution < -0.4 is 10.0 Å². The molecule has 2 aromatic carbocycles. The fourth-order valence-corrected chi connectivity index (χ4v) is 3.49. The van der Waals surface area contributed by atoms with Crippen LogP contribution in [-0.4, -0.2) is 20.9 Å². The summed E-state index contributed by atoms with van der Waals surface area (Å²) in [5.74, 6) is 0.183. The number of carbonyl (C=O) groups excluding carboxylic acids is 1. The standard InChI is InChI=1S/C18H21ClN2O3S/c1-13(2)10-11-20-18(22)14-6-5-7-15(12-14)25(23,24)21-17-9-4-3-8-16(17)19/h3-9,12-13,21H,10-11H2,1-2H3,(H,20,22). The first-order valence-electron chi connectivity index (χ1n) is 7.95. The largest absolute Gasteiger partial charge is 0.352 e. The van der Waals surface area contributed by atoms with Gasteiger partial charge in [0.15, 0.2) is 0 Å². The van der Waals surface area contributed by atoms with Gasteiger partial charge in [0.25, 0.3) is 15.9 Å². The van der Waals surface area contributed by atoms with Crippen LogP contribution in [0.4, 0.5) is 5.69 Å². The second-order valence-corrected chi connectivity index (χ2v) is 8.14. The predicted octanol–water partition coefficient (Wildman–Crippen LogP) is 3.92. The molecule has 2 aromatic rings. The van der Waals surface area contributed by atoms with Crippen molar-refractivity contribution in [3.63, 3.8) is 0 Å². The van der Waals surface area contributed by atoms with Gasteiger partial charge in [-0.2, -0.15) is 0 Å². The second-order valence-electron chi connectivity index (χ2n) is 6.05. The summed E-state index contributed by atoms with van der Waals surface area (Å²) in [6.45, 7) is 4.69. The number of amides is 1. The van der Waals surface area contributed by atoms with Gasteiger partial charge < -0.3 is 5.32 Å². The van der Waals surface area contributed by atoms with Crippen molar-refractivity contribution in [2.75, 3.05) is 11.3 Å². The van der Waals surface area contributed by atoms with Crippen molar-refractivity contribution in [3.8, 4) is 0 Å². The smallest absolute Gasteiger partial charge is 0.261 e. The molecular formula is C18H21ClN2O3S. The van der Waals surface area contributed by atoms with Gasteiger partial charge in [0.1, 0.15) is 0 Å². The van der Waals surface area contributed by atoms with Crippen molar-refractivity contribution >= 4 is 33.2 Å². The van der Waals surface area contributed by atoms with Gasteiger partial charge in [0, 0.05) is 12.1 Å². The van der Waals surface area contributed by atoms with Gasteiger partial charge in [-0.05, 0) is 42.7 Å². The maximum atomic E-state index is 12.5. The van der Waals surface area contributed by atoms with E-state index in [1.165, 1.54) is 12.1 Å². The Bertz CT molecular complexity index is 851. The molecule has 25 heavy (non-hydrogen) atoms. The fourth-order valence-electron chi connectivity index (χ4n) is 2.13. The van der Waals surface area contributed by atoms with E-state index in [2.05, 4.69) is 23.9 Å². The van der Waals surface area contributed by atoms with Gasteiger partial charge >= 0.3 is 0 Å². The van der Waals surface area contributed by atoms with E-state index in [4.69, 9.17) is 11.6 Å². The minimum Gasteiger partial charge on any atom is -0.352 e. The van der Waals surface area contributed by atoms with Crippen LogP contribution in [0, 0.1) is 5.92 Å². The molecule has 0 fully saturated rings. The molecule has 0 spiro atoms. The molecule has 134 valence electrons. The Balaban J connectivity index is 2.17. The lowest BCUT2D eigenvalue weighted by atomic mass is 10.1. The highest BCUT2D eigenvalue weighted by Crippen LogP contribution is 2.24. The van der Waals surface area contributed by atoms with Gasteiger partial charge in [-0.15, -0.1) is 0 Å². The number of sulfonamides is 1. The van der Waals surface area contributed by atoms with Crippen molar-refractivity contribution in [2.24, 2.45) is 5.92 Å². The molecule has 1 amide bonds. The van der Waals surface area contributed by atoms with Crippen molar-refractivity contribution in [2.45, 2.75) is 25.2 Å². The summed E-state index contributed by atoms with van der Waals surface area (Å²) < 4.78 is 27.5. The van der Waals surface area contributed by atoms with Crippen LogP contribution in [-0.2, 0) is 10.0 Å². The van der Waals surface area contributed by atoms with E-state index >= 15 is 0 Å². The van der Waals surface area contributed by atoms with E-state index in [9.17, 15) is 13.2 Å². The minimum absolute atomic E-state index is 0.00364. The number of rotatable bonds is 7. The monoisotopic (exact) mass is 380 g/mol. The SMILES string of the molecule is CC(C)CCNC(=O)c1cccc(S(=O)(=O)Nc2ccccc2Cl)c1. The predicted molar refractivity (Wildman–Crippen MR) is 100 cm³/mol. The zero-order chi connectivity index (χ0) is 18.4. The third-order valence-corrected chi connectivity index (χ3v) is 5.22. The molecule has 0 saturated carbocycles. The number of nitrogens with one attached hydrogen (secondary N) is 2. The summed E-state index contributed by atoms with van der Waals surface area (Å²) >= 11 is 5.99. The van der Waals surface area contributed by atoms with E-state index in [-0.39, 0.29) is 16.5 Å². The Morgan fingerprint density at radius 3 is 2.52 bits per heavy atom. The summed E-state index contributed by atoms with van der Waals surface area (Å²) in [7, 11) is -3.84. The first-order valence-corrected chi connectivity index (χ1v) is 9.81. The summed E-state index contributed by atoms with van der Waals surface area (Å²) in [6.07, 6.45) is 0.859. The van der Waals surface area contributed by atoms with Gasteiger partial charge in [-0.3, -0.25) is 9.52 Å². The molecule has 0 aliphatic heterocycles. The quantitative estimate of drug-likeness (QED) is 0.764. The highest BCUT2D eigenvalue weighted by Gasteiger charge is 2.17. The maximum absolute atomic E-state index is 12.5. The number of halogens is 1. The zero-order valence-electron chi connectivity index (χ0n) is 14.1. The van der Waals surface area contributed by atoms with Crippen molar-refractivity contribution < 1.29 is 13.2 Å². The van der Waals surface area contributed by atoms with Crippen LogP contribution in [0.1, 0.15) is 30.6 Å². The first-order chi connectivity index (χ1) is 11.8. The Morgan fingerprint density at radius 1 is 1.12 bits per heavy atom. The lowest BCUT2D eigenvalue weighted by Crippen LogP contribution is -2.25. The van der Waals surface area contributed by atoms with Crippen molar-refractivity contribution in [1.82, 2.24) is 5.32 Å². The lowest BCUT2D eigenvalue weighted by Gasteiger charge is -2.11. The molecule has 0 aliphatic rings. The third-order valence-electron chi connectivity index (χ3n) is 3.53. The number of carbonyl (C=O) groups is 1. The third kappa shape index (κ3) is 5.47. The van der Waals surface area contributed by atoms with Crippen LogP contribution in [0.25, 0.3) is 0 Å². The average molecular weight is 381 g/mol. The molecule has 0 aromatic heterocycles. The van der Waals surface area contributed by atoms with Crippen LogP contribution in [0.5, 0.6) is 0 Å². The maximum Gasteiger partial charge on any atom is 0.261 e. The molecule has 0 radical (unpaired) electrons. The fraction of sp³-hybridized carbons (Fsp3) is 0.278. The van der Waals surface area contributed by atoms with E-state index in [1.54, 1.807) is 36.4 Å². The Morgan fingerprint density at radius 2 is 1.84 bits per heavy atom. The highest BCUT2D eigenvalue weighted by molar-refractivity contribution is 7.92. The van der Waals surface area contributed by atoms with E-state index in [1.807, 2.05) is 0 Å². The summed E-state index contributed by atoms with van der Waals surface area (Å²) in [4.78, 5) is 12.2. The molecule has 0 bridgehead atoms. The molecular weight excluding hydrogens is 360 g/mol. The van der Waals surface area contributed by atoms with Crippen LogP contribution >= 0.6 is 11.6 Å². The summed E-state index contributed by atoms with van der Waals surface area (Å²) in [6, 6.07) is 12.5. The highest BCUT2D eigenvalue weighted by atomic mass is 35.5. The molecule has 7 heteroatoms. The Kier molecular flexibility index (Phi) is 6.45. The summed E-state index contributed by atoms with van der Waals surface area (Å²) in [5.41, 5.74) is 0.585. The molecule has 2 rings (SSSR count). The number of hydrogen-bond donors (Lipinski definition) is 2. The van der Waals surface area contributed by atoms with Crippen LogP contribution in [0.15, 0.2) is 53.4 Å². The Hall–Kier alpha value is -2.05. The van der Waals surface area contributed by atoms with Crippen molar-refractivity contribution in [1.29, 1.82) is 0 Å². The van der Waals surface area contributed by atoms with E-state index in [0.717, 1.165) is 6.42 Å². The second kappa shape index (κ2) is 8.36. The topological polar surface area (TPSA) is 75.3 Å². The van der Waals surface area contributed by atoms with Crippen LogP contribution in [0.2, 0.25) is 5.02 Å². The first kappa shape index (κ1) is 19.3. The average Bonchev–Trinajstić information content (AvgIpc) is 2.56. The number of hydrogen-bond acceptors (Lipinski definition) is 3. The lowest BCUT2D eigenvalue weighted by molar-refractivity contribution is 0.0952. The minimum atomic E-state index is -3.84. The van der Waals surface area contributed by atoms with Gasteiger partial charge in [0.2, 0.25) is 0 Å². The number of anilines is 1. The molecule has 2 N–H and O–H groups in total. The van der Waals surface area contributed by atoms with E-state index < -0.39 is 10.0 Å². The molecule has 5 nitrogen and oxygen atoms in total. The van der Waals surface area contributed by atoms with Crippen molar-refractivity contribution in [3.05, 3.63) is 59.1 Å². The molecule has 0 aliphatic carbocycles. The normalized spacial score (nSPS) is 11.4. The number of benzene rings is 2. The molecule has 0 unspecified atom stereocenters. The zero-order valence-corrected chi connectivity index (χ0v) is 15.7. The summed E-state index contributed by atoms with van der Waals surface area (Å²) in [5, 5.41) is 3.09. The van der Waals surface area contributed by atoms with Gasteiger partial charge in [-0.25, -0.2) is 8.42 Å². The van der Waals surface area contributed by atoms with Crippen LogP contribution in [0.3, 0.4) is 0 Å². The molecule has 0 atom stereocenters.